The number of methoxy groups -OCH3 is 1. The minimum absolute atomic E-state index is 0. The minimum Gasteiger partial charge on any atom is -0.375 e. The van der Waals surface area contributed by atoms with Crippen molar-refractivity contribution in [3.63, 3.8) is 0 Å². The molecule has 0 saturated heterocycles. The molecule has 9 heteroatoms. The molecule has 2 rings (SSSR count). The maximum Gasteiger partial charge on any atom is 0.253 e. The van der Waals surface area contributed by atoms with Crippen molar-refractivity contribution in [2.75, 3.05) is 35.3 Å². The number of aromatic nitrogens is 1. The molecule has 7 nitrogen and oxygen atoms in total. The second-order valence-electron chi connectivity index (χ2n) is 6.71. The third kappa shape index (κ3) is 7.23. The molecule has 0 saturated carbocycles. The van der Waals surface area contributed by atoms with Gasteiger partial charge in [-0.25, -0.2) is 4.98 Å². The van der Waals surface area contributed by atoms with Gasteiger partial charge in [0.25, 0.3) is 5.91 Å². The molecule has 1 aromatic heterocycles. The van der Waals surface area contributed by atoms with Gasteiger partial charge >= 0.3 is 0 Å². The molecule has 1 heterocycles. The fraction of sp³-hybridized carbons (Fsp3) is 0.450. The number of hydrogen-bond donors (Lipinski definition) is 1. The SMILES string of the molecule is CN=C(NCc1ccc(C(=O)N(C)C)cc1)N(C)Cc1csc(C(C)OC)n1.I. The lowest BCUT2D eigenvalue weighted by molar-refractivity contribution is 0.0827. The van der Waals surface area contributed by atoms with Gasteiger partial charge in [0.15, 0.2) is 5.96 Å². The number of ether oxygens (including phenoxy) is 1. The predicted octanol–water partition coefficient (Wildman–Crippen LogP) is 3.38. The lowest BCUT2D eigenvalue weighted by atomic mass is 10.1. The van der Waals surface area contributed by atoms with Crippen LogP contribution in [0.1, 0.15) is 39.7 Å². The summed E-state index contributed by atoms with van der Waals surface area (Å²) in [4.78, 5) is 24.5. The normalized spacial score (nSPS) is 12.1. The summed E-state index contributed by atoms with van der Waals surface area (Å²) in [5.74, 6) is 0.781. The van der Waals surface area contributed by atoms with E-state index in [-0.39, 0.29) is 36.0 Å². The van der Waals surface area contributed by atoms with Gasteiger partial charge in [-0.2, -0.15) is 0 Å². The fourth-order valence-corrected chi connectivity index (χ4v) is 3.43. The summed E-state index contributed by atoms with van der Waals surface area (Å²) in [5.41, 5.74) is 2.75. The number of guanidine groups is 1. The van der Waals surface area contributed by atoms with E-state index >= 15 is 0 Å². The second-order valence-corrected chi connectivity index (χ2v) is 7.60. The van der Waals surface area contributed by atoms with Gasteiger partial charge in [-0.1, -0.05) is 12.1 Å². The lowest BCUT2D eigenvalue weighted by Gasteiger charge is -2.21. The Morgan fingerprint density at radius 3 is 2.48 bits per heavy atom. The van der Waals surface area contributed by atoms with Gasteiger partial charge in [0.2, 0.25) is 0 Å². The first-order valence-corrected chi connectivity index (χ1v) is 9.93. The Bertz CT molecular complexity index is 807. The van der Waals surface area contributed by atoms with E-state index in [0.717, 1.165) is 22.2 Å². The number of thiazole rings is 1. The van der Waals surface area contributed by atoms with E-state index in [2.05, 4.69) is 20.7 Å². The Morgan fingerprint density at radius 2 is 1.93 bits per heavy atom. The van der Waals surface area contributed by atoms with E-state index in [1.165, 1.54) is 0 Å². The first-order chi connectivity index (χ1) is 13.3. The number of halogens is 1. The van der Waals surface area contributed by atoms with Gasteiger partial charge < -0.3 is 19.9 Å². The Hall–Kier alpha value is -1.72. The Kier molecular flexibility index (Phi) is 10.5. The fourth-order valence-electron chi connectivity index (χ4n) is 2.59. The van der Waals surface area contributed by atoms with Crippen LogP contribution in [0.2, 0.25) is 0 Å². The van der Waals surface area contributed by atoms with Crippen molar-refractivity contribution in [2.45, 2.75) is 26.1 Å². The quantitative estimate of drug-likeness (QED) is 0.337. The standard InChI is InChI=1S/C20H29N5O2S.HI/c1-14(27-6)18-23-17(13-28-18)12-25(5)20(21-2)22-11-15-7-9-16(10-8-15)19(26)24(3)4;/h7-10,13-14H,11-12H2,1-6H3,(H,21,22);1H. The van der Waals surface area contributed by atoms with Gasteiger partial charge in [0, 0.05) is 52.8 Å². The van der Waals surface area contributed by atoms with Crippen molar-refractivity contribution < 1.29 is 9.53 Å². The number of benzene rings is 1. The number of rotatable bonds is 7. The molecular formula is C20H30IN5O2S. The molecule has 160 valence electrons. The lowest BCUT2D eigenvalue weighted by Crippen LogP contribution is -2.38. The van der Waals surface area contributed by atoms with Gasteiger partial charge in [-0.05, 0) is 24.6 Å². The minimum atomic E-state index is 0. The Morgan fingerprint density at radius 1 is 1.28 bits per heavy atom. The zero-order valence-electron chi connectivity index (χ0n) is 17.8. The van der Waals surface area contributed by atoms with Crippen molar-refractivity contribution in [1.82, 2.24) is 20.1 Å². The van der Waals surface area contributed by atoms with Crippen LogP contribution in [0, 0.1) is 0 Å². The third-order valence-electron chi connectivity index (χ3n) is 4.30. The molecule has 1 unspecified atom stereocenters. The largest absolute Gasteiger partial charge is 0.375 e. The van der Waals surface area contributed by atoms with Gasteiger partial charge in [-0.15, -0.1) is 35.3 Å². The maximum absolute atomic E-state index is 12.0. The second kappa shape index (κ2) is 12.1. The van der Waals surface area contributed by atoms with Crippen LogP contribution in [-0.4, -0.2) is 62.0 Å². The molecule has 0 aliphatic carbocycles. The maximum atomic E-state index is 12.0. The van der Waals surface area contributed by atoms with Crippen molar-refractivity contribution in [1.29, 1.82) is 0 Å². The number of hydrogen-bond acceptors (Lipinski definition) is 5. The first-order valence-electron chi connectivity index (χ1n) is 9.05. The molecule has 1 amide bonds. The molecule has 1 atom stereocenters. The molecule has 0 aliphatic rings. The molecule has 0 fully saturated rings. The number of nitrogens with zero attached hydrogens (tertiary/aromatic N) is 4. The van der Waals surface area contributed by atoms with Crippen LogP contribution in [0.3, 0.4) is 0 Å². The molecule has 0 aliphatic heterocycles. The van der Waals surface area contributed by atoms with Crippen LogP contribution >= 0.6 is 35.3 Å². The summed E-state index contributed by atoms with van der Waals surface area (Å²) in [6.45, 7) is 3.27. The van der Waals surface area contributed by atoms with Crippen LogP contribution in [0.15, 0.2) is 34.6 Å². The van der Waals surface area contributed by atoms with Crippen molar-refractivity contribution in [3.8, 4) is 0 Å². The molecule has 29 heavy (non-hydrogen) atoms. The predicted molar refractivity (Wildman–Crippen MR) is 129 cm³/mol. The Balaban J connectivity index is 0.00000420. The van der Waals surface area contributed by atoms with Crippen LogP contribution in [-0.2, 0) is 17.8 Å². The summed E-state index contributed by atoms with van der Waals surface area (Å²) in [6, 6.07) is 7.60. The summed E-state index contributed by atoms with van der Waals surface area (Å²) < 4.78 is 5.32. The van der Waals surface area contributed by atoms with E-state index in [1.807, 2.05) is 43.1 Å². The monoisotopic (exact) mass is 531 g/mol. The van der Waals surface area contributed by atoms with Crippen molar-refractivity contribution >= 4 is 47.2 Å². The zero-order valence-corrected chi connectivity index (χ0v) is 20.9. The van der Waals surface area contributed by atoms with E-state index in [1.54, 1.807) is 44.5 Å². The van der Waals surface area contributed by atoms with Crippen molar-refractivity contribution in [2.24, 2.45) is 4.99 Å². The highest BCUT2D eigenvalue weighted by Gasteiger charge is 2.13. The molecule has 0 spiro atoms. The zero-order chi connectivity index (χ0) is 20.7. The van der Waals surface area contributed by atoms with E-state index < -0.39 is 0 Å². The van der Waals surface area contributed by atoms with Crippen LogP contribution in [0.25, 0.3) is 0 Å². The summed E-state index contributed by atoms with van der Waals surface area (Å²) in [5, 5.41) is 6.37. The van der Waals surface area contributed by atoms with Crippen LogP contribution in [0.4, 0.5) is 0 Å². The first kappa shape index (κ1) is 25.3. The Labute approximate surface area is 194 Å². The van der Waals surface area contributed by atoms with E-state index in [9.17, 15) is 4.79 Å². The number of nitrogens with one attached hydrogen (secondary N) is 1. The number of aliphatic imine (C=N–C) groups is 1. The number of amides is 1. The molecule has 0 radical (unpaired) electrons. The van der Waals surface area contributed by atoms with E-state index in [0.29, 0.717) is 18.7 Å². The number of carbonyl (C=O) groups is 1. The highest BCUT2D eigenvalue weighted by atomic mass is 127. The smallest absolute Gasteiger partial charge is 0.253 e. The van der Waals surface area contributed by atoms with Crippen molar-refractivity contribution in [3.05, 3.63) is 51.5 Å². The summed E-state index contributed by atoms with van der Waals surface area (Å²) >= 11 is 1.61. The highest BCUT2D eigenvalue weighted by Crippen LogP contribution is 2.20. The van der Waals surface area contributed by atoms with Gasteiger partial charge in [0.1, 0.15) is 11.1 Å². The van der Waals surface area contributed by atoms with Crippen LogP contribution < -0.4 is 5.32 Å². The van der Waals surface area contributed by atoms with Gasteiger partial charge in [-0.3, -0.25) is 9.79 Å². The summed E-state index contributed by atoms with van der Waals surface area (Å²) in [6.07, 6.45) is 0.00356. The third-order valence-corrected chi connectivity index (χ3v) is 5.36. The summed E-state index contributed by atoms with van der Waals surface area (Å²) in [7, 11) is 8.92. The van der Waals surface area contributed by atoms with E-state index in [4.69, 9.17) is 4.74 Å². The topological polar surface area (TPSA) is 70.1 Å². The molecular weight excluding hydrogens is 501 g/mol. The molecule has 1 N–H and O–H groups in total. The molecule has 0 bridgehead atoms. The molecule has 2 aromatic rings. The highest BCUT2D eigenvalue weighted by molar-refractivity contribution is 14.0. The average molecular weight is 531 g/mol. The average Bonchev–Trinajstić information content (AvgIpc) is 3.16. The molecule has 1 aromatic carbocycles. The number of carbonyl (C=O) groups excluding carboxylic acids is 1. The van der Waals surface area contributed by atoms with Crippen LogP contribution in [0.5, 0.6) is 0 Å². The van der Waals surface area contributed by atoms with Gasteiger partial charge in [0.05, 0.1) is 12.2 Å².